The summed E-state index contributed by atoms with van der Waals surface area (Å²) in [7, 11) is 0. The molecule has 0 spiro atoms. The second kappa shape index (κ2) is 9.12. The van der Waals surface area contributed by atoms with Gasteiger partial charge in [-0.2, -0.15) is 0 Å². The first-order valence-corrected chi connectivity index (χ1v) is 11.9. The number of likely N-dealkylation sites (tertiary alicyclic amines) is 2. The minimum atomic E-state index is -0.615. The highest BCUT2D eigenvalue weighted by atomic mass is 35.5. The van der Waals surface area contributed by atoms with Crippen LogP contribution in [0.4, 0.5) is 10.5 Å². The third-order valence-corrected chi connectivity index (χ3v) is 7.48. The molecule has 3 unspecified atom stereocenters. The Morgan fingerprint density at radius 2 is 1.82 bits per heavy atom. The number of hydrogen-bond acceptors (Lipinski definition) is 7. The summed E-state index contributed by atoms with van der Waals surface area (Å²) in [6.45, 7) is 8.13. The Labute approximate surface area is 198 Å². The predicted octanol–water partition coefficient (Wildman–Crippen LogP) is 2.13. The van der Waals surface area contributed by atoms with Gasteiger partial charge < -0.3 is 19.4 Å². The van der Waals surface area contributed by atoms with Crippen molar-refractivity contribution in [3.05, 3.63) is 28.8 Å². The van der Waals surface area contributed by atoms with Crippen LogP contribution in [0.3, 0.4) is 0 Å². The molecule has 0 aliphatic carbocycles. The highest BCUT2D eigenvalue weighted by molar-refractivity contribution is 6.31. The van der Waals surface area contributed by atoms with E-state index in [1.807, 2.05) is 6.07 Å². The molecule has 0 aromatic heterocycles. The SMILES string of the molecule is CC1COCCN1c1ccc(CN2CC3CN(C(=O)ON4C(=O)CCC4=O)CC3C2)c(Cl)c1. The van der Waals surface area contributed by atoms with Crippen LogP contribution in [0.2, 0.25) is 5.02 Å². The molecule has 3 amide bonds. The van der Waals surface area contributed by atoms with Crippen LogP contribution in [-0.4, -0.2) is 84.8 Å². The van der Waals surface area contributed by atoms with Gasteiger partial charge in [-0.05, 0) is 36.5 Å². The summed E-state index contributed by atoms with van der Waals surface area (Å²) in [5.41, 5.74) is 2.23. The number of fused-ring (bicyclic) bond motifs is 1. The first-order chi connectivity index (χ1) is 15.9. The van der Waals surface area contributed by atoms with E-state index in [9.17, 15) is 14.4 Å². The predicted molar refractivity (Wildman–Crippen MR) is 120 cm³/mol. The summed E-state index contributed by atoms with van der Waals surface area (Å²) in [6.07, 6.45) is -0.418. The van der Waals surface area contributed by atoms with E-state index in [4.69, 9.17) is 21.2 Å². The van der Waals surface area contributed by atoms with Crippen molar-refractivity contribution in [3.63, 3.8) is 0 Å². The molecular weight excluding hydrogens is 448 g/mol. The number of ether oxygens (including phenoxy) is 1. The molecule has 0 bridgehead atoms. The number of halogens is 1. The highest BCUT2D eigenvalue weighted by Gasteiger charge is 2.43. The molecule has 9 nitrogen and oxygen atoms in total. The van der Waals surface area contributed by atoms with Crippen LogP contribution >= 0.6 is 11.6 Å². The summed E-state index contributed by atoms with van der Waals surface area (Å²) < 4.78 is 5.53. The Morgan fingerprint density at radius 3 is 2.45 bits per heavy atom. The summed E-state index contributed by atoms with van der Waals surface area (Å²) >= 11 is 6.65. The lowest BCUT2D eigenvalue weighted by molar-refractivity contribution is -0.173. The molecule has 4 aliphatic heterocycles. The van der Waals surface area contributed by atoms with Crippen molar-refractivity contribution in [2.75, 3.05) is 50.8 Å². The maximum Gasteiger partial charge on any atom is 0.434 e. The molecule has 1 aromatic carbocycles. The van der Waals surface area contributed by atoms with Crippen molar-refractivity contribution in [2.45, 2.75) is 32.4 Å². The van der Waals surface area contributed by atoms with Gasteiger partial charge in [0.25, 0.3) is 11.8 Å². The zero-order valence-electron chi connectivity index (χ0n) is 18.7. The van der Waals surface area contributed by atoms with Gasteiger partial charge in [-0.1, -0.05) is 17.7 Å². The maximum atomic E-state index is 12.4. The highest BCUT2D eigenvalue weighted by Crippen LogP contribution is 2.34. The van der Waals surface area contributed by atoms with E-state index in [-0.39, 0.29) is 12.8 Å². The number of rotatable bonds is 4. The van der Waals surface area contributed by atoms with Crippen LogP contribution in [0.15, 0.2) is 18.2 Å². The van der Waals surface area contributed by atoms with Crippen LogP contribution in [-0.2, 0) is 25.7 Å². The van der Waals surface area contributed by atoms with Crippen molar-refractivity contribution >= 4 is 35.2 Å². The lowest BCUT2D eigenvalue weighted by atomic mass is 10.0. The minimum absolute atomic E-state index is 0.0985. The van der Waals surface area contributed by atoms with Crippen LogP contribution < -0.4 is 4.90 Å². The fraction of sp³-hybridized carbons (Fsp3) is 0.609. The molecule has 178 valence electrons. The average molecular weight is 477 g/mol. The number of anilines is 1. The molecule has 3 atom stereocenters. The van der Waals surface area contributed by atoms with Gasteiger partial charge in [0.15, 0.2) is 0 Å². The smallest absolute Gasteiger partial charge is 0.377 e. The maximum absolute atomic E-state index is 12.4. The van der Waals surface area contributed by atoms with E-state index in [1.54, 1.807) is 4.90 Å². The molecule has 0 N–H and O–H groups in total. The molecule has 4 saturated heterocycles. The first kappa shape index (κ1) is 22.4. The Kier molecular flexibility index (Phi) is 6.20. The van der Waals surface area contributed by atoms with E-state index in [0.717, 1.165) is 55.7 Å². The van der Waals surface area contributed by atoms with Crippen molar-refractivity contribution in [1.82, 2.24) is 14.9 Å². The quantitative estimate of drug-likeness (QED) is 0.615. The van der Waals surface area contributed by atoms with Crippen molar-refractivity contribution in [3.8, 4) is 0 Å². The third kappa shape index (κ3) is 4.54. The second-order valence-electron chi connectivity index (χ2n) is 9.45. The van der Waals surface area contributed by atoms with Crippen molar-refractivity contribution < 1.29 is 24.0 Å². The summed E-state index contributed by atoms with van der Waals surface area (Å²) in [5, 5.41) is 1.39. The minimum Gasteiger partial charge on any atom is -0.377 e. The van der Waals surface area contributed by atoms with Crippen LogP contribution in [0.1, 0.15) is 25.3 Å². The monoisotopic (exact) mass is 476 g/mol. The van der Waals surface area contributed by atoms with Crippen LogP contribution in [0.25, 0.3) is 0 Å². The number of amides is 3. The lowest BCUT2D eigenvalue weighted by Gasteiger charge is -2.35. The molecule has 4 aliphatic rings. The number of carbonyl (C=O) groups excluding carboxylic acids is 3. The fourth-order valence-corrected chi connectivity index (χ4v) is 5.59. The molecule has 1 aromatic rings. The number of imide groups is 1. The van der Waals surface area contributed by atoms with E-state index < -0.39 is 17.9 Å². The summed E-state index contributed by atoms with van der Waals surface area (Å²) in [5.74, 6) is -0.223. The van der Waals surface area contributed by atoms with Gasteiger partial charge >= 0.3 is 6.09 Å². The summed E-state index contributed by atoms with van der Waals surface area (Å²) in [6, 6.07) is 6.63. The van der Waals surface area contributed by atoms with Gasteiger partial charge in [0.05, 0.1) is 13.2 Å². The lowest BCUT2D eigenvalue weighted by Crippen LogP contribution is -2.43. The van der Waals surface area contributed by atoms with Gasteiger partial charge in [-0.3, -0.25) is 14.5 Å². The normalized spacial score (nSPS) is 28.1. The Morgan fingerprint density at radius 1 is 1.12 bits per heavy atom. The van der Waals surface area contributed by atoms with Crippen molar-refractivity contribution in [1.29, 1.82) is 0 Å². The number of hydroxylamine groups is 2. The van der Waals surface area contributed by atoms with Gasteiger partial charge in [-0.15, -0.1) is 5.06 Å². The van der Waals surface area contributed by atoms with E-state index in [2.05, 4.69) is 28.9 Å². The third-order valence-electron chi connectivity index (χ3n) is 7.13. The molecular formula is C23H29ClN4O5. The summed E-state index contributed by atoms with van der Waals surface area (Å²) in [4.78, 5) is 47.2. The zero-order chi connectivity index (χ0) is 23.1. The largest absolute Gasteiger partial charge is 0.434 e. The van der Waals surface area contributed by atoms with Gasteiger partial charge in [0.1, 0.15) is 0 Å². The average Bonchev–Trinajstić information content (AvgIpc) is 3.45. The zero-order valence-corrected chi connectivity index (χ0v) is 19.5. The van der Waals surface area contributed by atoms with Crippen LogP contribution in [0, 0.1) is 11.8 Å². The first-order valence-electron chi connectivity index (χ1n) is 11.6. The Hall–Kier alpha value is -2.36. The molecule has 5 rings (SSSR count). The van der Waals surface area contributed by atoms with E-state index >= 15 is 0 Å². The molecule has 4 fully saturated rings. The van der Waals surface area contributed by atoms with Gasteiger partial charge in [0.2, 0.25) is 0 Å². The van der Waals surface area contributed by atoms with Crippen LogP contribution in [0.5, 0.6) is 0 Å². The molecule has 4 heterocycles. The molecule has 10 heteroatoms. The fourth-order valence-electron chi connectivity index (χ4n) is 5.36. The van der Waals surface area contributed by atoms with Crippen molar-refractivity contribution in [2.24, 2.45) is 11.8 Å². The van der Waals surface area contributed by atoms with E-state index in [0.29, 0.717) is 36.0 Å². The Balaban J connectivity index is 1.14. The van der Waals surface area contributed by atoms with E-state index in [1.165, 1.54) is 0 Å². The molecule has 33 heavy (non-hydrogen) atoms. The van der Waals surface area contributed by atoms with Gasteiger partial charge in [-0.25, -0.2) is 4.79 Å². The number of benzene rings is 1. The number of hydrogen-bond donors (Lipinski definition) is 0. The van der Waals surface area contributed by atoms with Gasteiger partial charge in [0, 0.05) is 68.9 Å². The topological polar surface area (TPSA) is 82.6 Å². The number of nitrogens with zero attached hydrogens (tertiary/aromatic N) is 4. The second-order valence-corrected chi connectivity index (χ2v) is 9.86. The number of morpholine rings is 1. The molecule has 0 radical (unpaired) electrons. The molecule has 0 saturated carbocycles. The standard InChI is InChI=1S/C23H29ClN4O5/c1-15-14-32-7-6-27(15)19-3-2-16(20(24)8-19)9-25-10-17-12-26(13-18(17)11-25)23(31)33-28-21(29)4-5-22(28)30/h2-3,8,15,17-18H,4-7,9-14H2,1H3. The number of carbonyl (C=O) groups is 3. The Bertz CT molecular complexity index is 929.